The Morgan fingerprint density at radius 2 is 2.00 bits per heavy atom. The Bertz CT molecular complexity index is 65.9. The molecule has 0 amide bonds. The Morgan fingerprint density at radius 1 is 1.30 bits per heavy atom. The van der Waals surface area contributed by atoms with Gasteiger partial charge in [-0.25, -0.2) is 0 Å². The van der Waals surface area contributed by atoms with E-state index in [1.54, 1.807) is 0 Å². The number of rotatable bonds is 1. The second-order valence-electron chi connectivity index (χ2n) is 2.00. The van der Waals surface area contributed by atoms with Gasteiger partial charge >= 0.3 is 0 Å². The molecule has 0 saturated carbocycles. The fraction of sp³-hybridized carbons (Fsp3) is 1.00. The molecule has 10 heavy (non-hydrogen) atoms. The van der Waals surface area contributed by atoms with Crippen molar-refractivity contribution in [3.63, 3.8) is 0 Å². The highest BCUT2D eigenvalue weighted by Gasteiger charge is 2.06. The highest BCUT2D eigenvalue weighted by atomic mass is 35.5. The lowest BCUT2D eigenvalue weighted by Crippen LogP contribution is -2.54. The molecule has 5 heteroatoms. The summed E-state index contributed by atoms with van der Waals surface area (Å²) >= 11 is 0. The van der Waals surface area contributed by atoms with Crippen LogP contribution in [0.25, 0.3) is 0 Å². The van der Waals surface area contributed by atoms with Gasteiger partial charge in [-0.15, -0.1) is 24.8 Å². The van der Waals surface area contributed by atoms with Crippen molar-refractivity contribution < 1.29 is 0 Å². The van der Waals surface area contributed by atoms with E-state index in [1.165, 1.54) is 0 Å². The monoisotopic (exact) mass is 187 g/mol. The van der Waals surface area contributed by atoms with E-state index in [1.807, 2.05) is 7.05 Å². The second kappa shape index (κ2) is 7.57. The van der Waals surface area contributed by atoms with Crippen molar-refractivity contribution >= 4 is 24.8 Å². The Balaban J connectivity index is 0. The third-order valence-electron chi connectivity index (χ3n) is 1.39. The van der Waals surface area contributed by atoms with Crippen LogP contribution < -0.4 is 16.0 Å². The van der Waals surface area contributed by atoms with Crippen molar-refractivity contribution in [3.05, 3.63) is 0 Å². The second-order valence-corrected chi connectivity index (χ2v) is 2.00. The molecule has 1 heterocycles. The van der Waals surface area contributed by atoms with E-state index in [2.05, 4.69) is 16.0 Å². The van der Waals surface area contributed by atoms with Gasteiger partial charge in [0.25, 0.3) is 0 Å². The fourth-order valence-corrected chi connectivity index (χ4v) is 0.857. The molecule has 64 valence electrons. The van der Waals surface area contributed by atoms with Crippen LogP contribution in [0.5, 0.6) is 0 Å². The summed E-state index contributed by atoms with van der Waals surface area (Å²) in [6.07, 6.45) is 0.476. The molecule has 0 bridgehead atoms. The third-order valence-corrected chi connectivity index (χ3v) is 1.39. The lowest BCUT2D eigenvalue weighted by molar-refractivity contribution is 0.380. The molecule has 0 aromatic carbocycles. The summed E-state index contributed by atoms with van der Waals surface area (Å²) in [5.41, 5.74) is 0. The Morgan fingerprint density at radius 3 is 2.30 bits per heavy atom. The van der Waals surface area contributed by atoms with Gasteiger partial charge in [0, 0.05) is 19.6 Å². The van der Waals surface area contributed by atoms with Crippen LogP contribution in [0.4, 0.5) is 0 Å². The lowest BCUT2D eigenvalue weighted by Gasteiger charge is -2.23. The van der Waals surface area contributed by atoms with Crippen molar-refractivity contribution in [2.24, 2.45) is 0 Å². The summed E-state index contributed by atoms with van der Waals surface area (Å²) in [6, 6.07) is 0. The number of hydrogen-bond acceptors (Lipinski definition) is 3. The van der Waals surface area contributed by atoms with Crippen LogP contribution in [0.2, 0.25) is 0 Å². The summed E-state index contributed by atoms with van der Waals surface area (Å²) in [5.74, 6) is 0. The number of nitrogens with one attached hydrogen (secondary N) is 3. The molecule has 0 spiro atoms. The summed E-state index contributed by atoms with van der Waals surface area (Å²) < 4.78 is 0. The van der Waals surface area contributed by atoms with Gasteiger partial charge in [-0.3, -0.25) is 5.32 Å². The van der Waals surface area contributed by atoms with Crippen molar-refractivity contribution in [3.8, 4) is 0 Å². The number of hydrogen-bond donors (Lipinski definition) is 3. The predicted molar refractivity (Wildman–Crippen MR) is 48.2 cm³/mol. The van der Waals surface area contributed by atoms with Gasteiger partial charge in [0.15, 0.2) is 0 Å². The van der Waals surface area contributed by atoms with Gasteiger partial charge in [0.1, 0.15) is 0 Å². The van der Waals surface area contributed by atoms with Crippen LogP contribution in [-0.2, 0) is 0 Å². The first-order valence-electron chi connectivity index (χ1n) is 3.05. The van der Waals surface area contributed by atoms with E-state index in [0.717, 1.165) is 19.6 Å². The molecule has 1 saturated heterocycles. The first-order chi connectivity index (χ1) is 3.93. The van der Waals surface area contributed by atoms with Crippen LogP contribution in [0.3, 0.4) is 0 Å². The minimum Gasteiger partial charge on any atom is -0.313 e. The molecular weight excluding hydrogens is 173 g/mol. The largest absolute Gasteiger partial charge is 0.313 e. The van der Waals surface area contributed by atoms with Gasteiger partial charge in [-0.2, -0.15) is 0 Å². The summed E-state index contributed by atoms with van der Waals surface area (Å²) in [4.78, 5) is 0. The number of piperazine rings is 1. The minimum absolute atomic E-state index is 0. The van der Waals surface area contributed by atoms with Crippen LogP contribution in [0.1, 0.15) is 0 Å². The van der Waals surface area contributed by atoms with Crippen LogP contribution >= 0.6 is 24.8 Å². The minimum atomic E-state index is 0. The van der Waals surface area contributed by atoms with E-state index in [9.17, 15) is 0 Å². The van der Waals surface area contributed by atoms with Gasteiger partial charge in [-0.05, 0) is 7.05 Å². The SMILES string of the molecule is CNC1CNCCN1.Cl.Cl. The molecule has 3 N–H and O–H groups in total. The number of likely N-dealkylation sites (N-methyl/N-ethyl adjacent to an activating group) is 1. The van der Waals surface area contributed by atoms with Crippen molar-refractivity contribution in [1.29, 1.82) is 0 Å². The lowest BCUT2D eigenvalue weighted by atomic mass is 10.4. The van der Waals surface area contributed by atoms with E-state index in [0.29, 0.717) is 6.17 Å². The van der Waals surface area contributed by atoms with Crippen molar-refractivity contribution in [2.45, 2.75) is 6.17 Å². The van der Waals surface area contributed by atoms with Crippen molar-refractivity contribution in [2.75, 3.05) is 26.7 Å². The quantitative estimate of drug-likeness (QED) is 0.522. The average molecular weight is 188 g/mol. The normalized spacial score (nSPS) is 24.3. The Labute approximate surface area is 74.1 Å². The summed E-state index contributed by atoms with van der Waals surface area (Å²) in [7, 11) is 1.96. The zero-order chi connectivity index (χ0) is 5.82. The van der Waals surface area contributed by atoms with Gasteiger partial charge < -0.3 is 10.6 Å². The van der Waals surface area contributed by atoms with E-state index in [-0.39, 0.29) is 24.8 Å². The maximum Gasteiger partial charge on any atom is 0.0698 e. The molecule has 0 aromatic rings. The van der Waals surface area contributed by atoms with Gasteiger partial charge in [-0.1, -0.05) is 0 Å². The van der Waals surface area contributed by atoms with E-state index < -0.39 is 0 Å². The highest BCUT2D eigenvalue weighted by molar-refractivity contribution is 5.85. The molecule has 0 radical (unpaired) electrons. The zero-order valence-corrected chi connectivity index (χ0v) is 7.65. The van der Waals surface area contributed by atoms with E-state index in [4.69, 9.17) is 0 Å². The molecule has 1 rings (SSSR count). The molecule has 0 aromatic heterocycles. The van der Waals surface area contributed by atoms with Crippen LogP contribution in [0.15, 0.2) is 0 Å². The molecule has 3 nitrogen and oxygen atoms in total. The standard InChI is InChI=1S/C5H13N3.2ClH/c1-6-5-4-7-2-3-8-5;;/h5-8H,2-4H2,1H3;2*1H. The molecule has 0 aliphatic carbocycles. The topological polar surface area (TPSA) is 36.1 Å². The maximum atomic E-state index is 3.30. The highest BCUT2D eigenvalue weighted by Crippen LogP contribution is 1.77. The number of halogens is 2. The third kappa shape index (κ3) is 4.30. The van der Waals surface area contributed by atoms with Crippen LogP contribution in [-0.4, -0.2) is 32.8 Å². The van der Waals surface area contributed by atoms with Gasteiger partial charge in [0.2, 0.25) is 0 Å². The first kappa shape index (κ1) is 13.1. The maximum absolute atomic E-state index is 3.30. The summed E-state index contributed by atoms with van der Waals surface area (Å²) in [6.45, 7) is 3.21. The van der Waals surface area contributed by atoms with Crippen molar-refractivity contribution in [1.82, 2.24) is 16.0 Å². The smallest absolute Gasteiger partial charge is 0.0698 e. The van der Waals surface area contributed by atoms with Gasteiger partial charge in [0.05, 0.1) is 6.17 Å². The predicted octanol–water partition coefficient (Wildman–Crippen LogP) is -0.432. The Hall–Kier alpha value is 0.460. The summed E-state index contributed by atoms with van der Waals surface area (Å²) in [5, 5.41) is 9.69. The molecule has 1 atom stereocenters. The fourth-order valence-electron chi connectivity index (χ4n) is 0.857. The molecular formula is C5H15Cl2N3. The Kier molecular flexibility index (Phi) is 9.90. The van der Waals surface area contributed by atoms with E-state index >= 15 is 0 Å². The molecule has 1 aliphatic rings. The average Bonchev–Trinajstić information content (AvgIpc) is 1.90. The zero-order valence-electron chi connectivity index (χ0n) is 6.02. The molecule has 1 aliphatic heterocycles. The molecule has 1 unspecified atom stereocenters. The molecule has 1 fully saturated rings. The first-order valence-corrected chi connectivity index (χ1v) is 3.05. The van der Waals surface area contributed by atoms with Crippen LogP contribution in [0, 0.1) is 0 Å².